The molecule has 0 N–H and O–H groups in total. The molecule has 0 unspecified atom stereocenters. The molecule has 0 bridgehead atoms. The topological polar surface area (TPSA) is 14.8 Å². The fourth-order valence-electron chi connectivity index (χ4n) is 9.83. The second-order valence-corrected chi connectivity index (χ2v) is 16.3. The molecule has 0 radical (unpaired) electrons. The van der Waals surface area contributed by atoms with Crippen molar-refractivity contribution in [2.45, 2.75) is 0 Å². The summed E-state index contributed by atoms with van der Waals surface area (Å²) in [6.45, 7) is 0. The van der Waals surface area contributed by atoms with E-state index in [1.807, 2.05) is 11.3 Å². The van der Waals surface area contributed by atoms with Gasteiger partial charge in [-0.25, -0.2) is 0 Å². The highest BCUT2D eigenvalue weighted by molar-refractivity contribution is 7.26. The molecule has 4 heteroatoms. The van der Waals surface area contributed by atoms with Crippen LogP contribution in [0.15, 0.2) is 200 Å². The summed E-state index contributed by atoms with van der Waals surface area (Å²) in [6, 6.07) is 73.8. The molecule has 0 aliphatic heterocycles. The second-order valence-electron chi connectivity index (χ2n) is 15.3. The molecule has 0 aliphatic carbocycles. The van der Waals surface area contributed by atoms with Crippen LogP contribution in [0.1, 0.15) is 0 Å². The van der Waals surface area contributed by atoms with Gasteiger partial charge in [0.15, 0.2) is 0 Å². The van der Waals surface area contributed by atoms with Gasteiger partial charge in [0, 0.05) is 63.9 Å². The van der Waals surface area contributed by atoms with Crippen LogP contribution in [0, 0.1) is 0 Å². The van der Waals surface area contributed by atoms with Crippen LogP contribution in [0.3, 0.4) is 0 Å². The monoisotopic (exact) mass is 755 g/mol. The molecule has 4 heterocycles. The number of aromatic nitrogens is 3. The average molecular weight is 756 g/mol. The Kier molecular flexibility index (Phi) is 6.60. The van der Waals surface area contributed by atoms with Crippen molar-refractivity contribution in [1.29, 1.82) is 0 Å². The number of nitrogens with zero attached hydrogens (tertiary/aromatic N) is 3. The fraction of sp³-hybridized carbons (Fsp3) is 0. The van der Waals surface area contributed by atoms with Crippen LogP contribution in [-0.2, 0) is 0 Å². The molecule has 3 nitrogen and oxygen atoms in total. The molecule has 0 aliphatic rings. The van der Waals surface area contributed by atoms with E-state index in [0.717, 1.165) is 11.4 Å². The van der Waals surface area contributed by atoms with Crippen LogP contribution in [0.4, 0.5) is 0 Å². The van der Waals surface area contributed by atoms with E-state index in [1.165, 1.54) is 102 Å². The van der Waals surface area contributed by atoms with Gasteiger partial charge in [-0.3, -0.25) is 0 Å². The van der Waals surface area contributed by atoms with Crippen LogP contribution < -0.4 is 0 Å². The number of hydrogen-bond acceptors (Lipinski definition) is 1. The van der Waals surface area contributed by atoms with Gasteiger partial charge in [0.25, 0.3) is 0 Å². The first kappa shape index (κ1) is 31.8. The summed E-state index contributed by atoms with van der Waals surface area (Å²) in [5.41, 5.74) is 13.0. The van der Waals surface area contributed by atoms with E-state index in [0.29, 0.717) is 0 Å². The van der Waals surface area contributed by atoms with Crippen LogP contribution in [0.2, 0.25) is 0 Å². The quantitative estimate of drug-likeness (QED) is 0.170. The van der Waals surface area contributed by atoms with E-state index in [9.17, 15) is 0 Å². The lowest BCUT2D eigenvalue weighted by molar-refractivity contribution is 1.13. The number of rotatable bonds is 4. The third-order valence-electron chi connectivity index (χ3n) is 12.2. The Morgan fingerprint density at radius 2 is 0.741 bits per heavy atom. The average Bonchev–Trinajstić information content (AvgIpc) is 4.03. The van der Waals surface area contributed by atoms with Crippen LogP contribution in [0.25, 0.3) is 114 Å². The van der Waals surface area contributed by atoms with Crippen molar-refractivity contribution < 1.29 is 0 Å². The largest absolute Gasteiger partial charge is 0.309 e. The molecule has 9 aromatic carbocycles. The Morgan fingerprint density at radius 1 is 0.310 bits per heavy atom. The molecular formula is C54H33N3S. The number of fused-ring (bicyclic) bond motifs is 12. The van der Waals surface area contributed by atoms with Gasteiger partial charge in [0.1, 0.15) is 0 Å². The van der Waals surface area contributed by atoms with Crippen LogP contribution in [-0.4, -0.2) is 13.7 Å². The van der Waals surface area contributed by atoms with Crippen molar-refractivity contribution in [2.24, 2.45) is 0 Å². The Labute approximate surface area is 337 Å². The SMILES string of the molecule is c1ccc2c(c1)sc1c(-c3cc(-n4c5ccccc5c5ccccc54)cc(-n4c5ccccc5c5c(-n6c7ccccc7c7ccccc76)cccc54)c3)cccc12. The molecule has 58 heavy (non-hydrogen) atoms. The van der Waals surface area contributed by atoms with Crippen molar-refractivity contribution >= 4 is 96.9 Å². The van der Waals surface area contributed by atoms with Crippen molar-refractivity contribution in [3.8, 4) is 28.2 Å². The van der Waals surface area contributed by atoms with Crippen LogP contribution >= 0.6 is 11.3 Å². The van der Waals surface area contributed by atoms with E-state index in [-0.39, 0.29) is 0 Å². The first-order chi connectivity index (χ1) is 28.8. The number of thiophene rings is 1. The van der Waals surface area contributed by atoms with E-state index in [2.05, 4.69) is 214 Å². The zero-order chi connectivity index (χ0) is 37.9. The van der Waals surface area contributed by atoms with Crippen molar-refractivity contribution in [3.63, 3.8) is 0 Å². The normalized spacial score (nSPS) is 12.1. The summed E-state index contributed by atoms with van der Waals surface area (Å²) in [6.07, 6.45) is 0. The van der Waals surface area contributed by atoms with E-state index >= 15 is 0 Å². The maximum Gasteiger partial charge on any atom is 0.0562 e. The molecule has 0 saturated carbocycles. The standard InChI is InChI=1S/C54H33N3S/c1-7-23-45-38(15-1)39-16-2-8-24-46(39)55(45)35-31-34(37-21-13-22-43-42-19-6-12-30-52(42)58-54(37)43)32-36(33-35)56-49-27-11-5-20-44(49)53-50(56)28-14-29-51(53)57-47-25-9-3-17-40(47)41-18-4-10-26-48(41)57/h1-33H. The van der Waals surface area contributed by atoms with Gasteiger partial charge in [-0.1, -0.05) is 133 Å². The first-order valence-corrected chi connectivity index (χ1v) is 20.7. The molecule has 0 atom stereocenters. The minimum Gasteiger partial charge on any atom is -0.309 e. The lowest BCUT2D eigenvalue weighted by Gasteiger charge is -2.16. The van der Waals surface area contributed by atoms with Crippen molar-refractivity contribution in [2.75, 3.05) is 0 Å². The molecule has 13 aromatic rings. The predicted octanol–water partition coefficient (Wildman–Crippen LogP) is 15.0. The Balaban J connectivity index is 1.16. The highest BCUT2D eigenvalue weighted by atomic mass is 32.1. The first-order valence-electron chi connectivity index (χ1n) is 19.9. The van der Waals surface area contributed by atoms with Gasteiger partial charge < -0.3 is 13.7 Å². The lowest BCUT2D eigenvalue weighted by Crippen LogP contribution is -2.00. The molecule has 4 aromatic heterocycles. The smallest absolute Gasteiger partial charge is 0.0562 e. The van der Waals surface area contributed by atoms with Crippen molar-refractivity contribution in [3.05, 3.63) is 200 Å². The fourth-order valence-corrected chi connectivity index (χ4v) is 11.1. The Morgan fingerprint density at radius 3 is 1.34 bits per heavy atom. The van der Waals surface area contributed by atoms with Gasteiger partial charge >= 0.3 is 0 Å². The minimum atomic E-state index is 1.12. The van der Waals surface area contributed by atoms with Gasteiger partial charge in [-0.2, -0.15) is 0 Å². The zero-order valence-corrected chi connectivity index (χ0v) is 32.1. The molecular weight excluding hydrogens is 723 g/mol. The zero-order valence-electron chi connectivity index (χ0n) is 31.3. The number of hydrogen-bond donors (Lipinski definition) is 0. The summed E-state index contributed by atoms with van der Waals surface area (Å²) in [5.74, 6) is 0. The summed E-state index contributed by atoms with van der Waals surface area (Å²) < 4.78 is 10.0. The van der Waals surface area contributed by atoms with Gasteiger partial charge in [-0.05, 0) is 77.9 Å². The molecule has 13 rings (SSSR count). The minimum absolute atomic E-state index is 1.12. The van der Waals surface area contributed by atoms with Gasteiger partial charge in [0.05, 0.1) is 38.8 Å². The van der Waals surface area contributed by atoms with Gasteiger partial charge in [-0.15, -0.1) is 11.3 Å². The van der Waals surface area contributed by atoms with Gasteiger partial charge in [0.2, 0.25) is 0 Å². The highest BCUT2D eigenvalue weighted by Gasteiger charge is 2.22. The molecule has 0 saturated heterocycles. The third kappa shape index (κ3) is 4.38. The Hall–Kier alpha value is -7.40. The Bertz CT molecular complexity index is 3710. The summed E-state index contributed by atoms with van der Waals surface area (Å²) in [4.78, 5) is 0. The molecule has 270 valence electrons. The van der Waals surface area contributed by atoms with Crippen molar-refractivity contribution in [1.82, 2.24) is 13.7 Å². The number of benzene rings is 9. The van der Waals surface area contributed by atoms with E-state index in [4.69, 9.17) is 0 Å². The summed E-state index contributed by atoms with van der Waals surface area (Å²) >= 11 is 1.89. The maximum absolute atomic E-state index is 2.49. The maximum atomic E-state index is 2.49. The lowest BCUT2D eigenvalue weighted by atomic mass is 10.0. The predicted molar refractivity (Wildman–Crippen MR) is 248 cm³/mol. The highest BCUT2D eigenvalue weighted by Crippen LogP contribution is 2.44. The van der Waals surface area contributed by atoms with E-state index in [1.54, 1.807) is 0 Å². The van der Waals surface area contributed by atoms with E-state index < -0.39 is 0 Å². The molecule has 0 amide bonds. The van der Waals surface area contributed by atoms with Crippen LogP contribution in [0.5, 0.6) is 0 Å². The number of para-hydroxylation sites is 5. The summed E-state index contributed by atoms with van der Waals surface area (Å²) in [7, 11) is 0. The summed E-state index contributed by atoms with van der Waals surface area (Å²) in [5, 5.41) is 10.1. The molecule has 0 spiro atoms. The molecule has 0 fully saturated rings. The third-order valence-corrected chi connectivity index (χ3v) is 13.4. The second kappa shape index (κ2) is 12.1.